The van der Waals surface area contributed by atoms with Gasteiger partial charge in [-0.15, -0.1) is 0 Å². The van der Waals surface area contributed by atoms with Crippen molar-refractivity contribution in [3.8, 4) is 11.5 Å². The van der Waals surface area contributed by atoms with Crippen LogP contribution in [0.5, 0.6) is 11.5 Å². The first-order valence-electron chi connectivity index (χ1n) is 8.82. The molecule has 0 N–H and O–H groups in total. The van der Waals surface area contributed by atoms with Crippen LogP contribution in [0.25, 0.3) is 0 Å². The average Bonchev–Trinajstić information content (AvgIpc) is 2.64. The van der Waals surface area contributed by atoms with Gasteiger partial charge in [0, 0.05) is 6.54 Å². The van der Waals surface area contributed by atoms with E-state index in [4.69, 9.17) is 9.47 Å². The van der Waals surface area contributed by atoms with Gasteiger partial charge in [0.1, 0.15) is 18.1 Å². The number of hydrogen-bond donors (Lipinski definition) is 0. The Balaban J connectivity index is 1.81. The fourth-order valence-corrected chi connectivity index (χ4v) is 2.77. The lowest BCUT2D eigenvalue weighted by atomic mass is 10.0. The number of ether oxygens (including phenoxy) is 2. The molecular formula is C21H29NO2. The molecule has 2 aromatic rings. The van der Waals surface area contributed by atoms with E-state index in [-0.39, 0.29) is 0 Å². The molecule has 0 aromatic heterocycles. The van der Waals surface area contributed by atoms with Crippen molar-refractivity contribution < 1.29 is 9.47 Å². The Labute approximate surface area is 146 Å². The lowest BCUT2D eigenvalue weighted by molar-refractivity contribution is 0.223. The topological polar surface area (TPSA) is 21.7 Å². The zero-order valence-electron chi connectivity index (χ0n) is 15.1. The molecule has 0 bridgehead atoms. The van der Waals surface area contributed by atoms with E-state index < -0.39 is 0 Å². The van der Waals surface area contributed by atoms with Crippen molar-refractivity contribution in [1.82, 2.24) is 4.90 Å². The Morgan fingerprint density at radius 1 is 0.875 bits per heavy atom. The van der Waals surface area contributed by atoms with Gasteiger partial charge in [-0.05, 0) is 55.3 Å². The largest absolute Gasteiger partial charge is 0.496 e. The molecule has 0 saturated carbocycles. The first-order valence-corrected chi connectivity index (χ1v) is 8.82. The second-order valence-electron chi connectivity index (χ2n) is 5.83. The molecule has 0 unspecified atom stereocenters. The van der Waals surface area contributed by atoms with Crippen molar-refractivity contribution in [2.45, 2.75) is 26.7 Å². The molecule has 0 radical (unpaired) electrons. The molecule has 24 heavy (non-hydrogen) atoms. The zero-order valence-corrected chi connectivity index (χ0v) is 15.1. The number of likely N-dealkylation sites (N-methyl/N-ethyl adjacent to an activating group) is 1. The molecule has 0 heterocycles. The minimum atomic E-state index is 0.738. The van der Waals surface area contributed by atoms with Gasteiger partial charge >= 0.3 is 0 Å². The van der Waals surface area contributed by atoms with Crippen molar-refractivity contribution in [3.63, 3.8) is 0 Å². The first kappa shape index (κ1) is 18.3. The van der Waals surface area contributed by atoms with Crippen molar-refractivity contribution in [3.05, 3.63) is 59.7 Å². The number of nitrogens with zero attached hydrogens (tertiary/aromatic N) is 1. The lowest BCUT2D eigenvalue weighted by Gasteiger charge is -2.18. The summed E-state index contributed by atoms with van der Waals surface area (Å²) in [6, 6.07) is 16.7. The summed E-state index contributed by atoms with van der Waals surface area (Å²) in [6.07, 6.45) is 1.98. The van der Waals surface area contributed by atoms with Crippen LogP contribution in [-0.2, 0) is 12.8 Å². The zero-order chi connectivity index (χ0) is 17.2. The van der Waals surface area contributed by atoms with E-state index in [1.165, 1.54) is 11.1 Å². The number of benzene rings is 2. The quantitative estimate of drug-likeness (QED) is 0.653. The molecule has 130 valence electrons. The van der Waals surface area contributed by atoms with Crippen molar-refractivity contribution >= 4 is 0 Å². The number of methoxy groups -OCH3 is 1. The standard InChI is InChI=1S/C21H29NO2/c1-4-22(5-2)16-17-24-20-14-11-18(12-15-20)10-13-19-8-6-7-9-21(19)23-3/h6-9,11-12,14-15H,4-5,10,13,16-17H2,1-3H3. The van der Waals surface area contributed by atoms with Crippen LogP contribution in [0.1, 0.15) is 25.0 Å². The third-order valence-corrected chi connectivity index (χ3v) is 4.37. The molecule has 0 amide bonds. The van der Waals surface area contributed by atoms with Gasteiger partial charge in [-0.3, -0.25) is 0 Å². The Morgan fingerprint density at radius 2 is 1.58 bits per heavy atom. The fourth-order valence-electron chi connectivity index (χ4n) is 2.77. The van der Waals surface area contributed by atoms with E-state index in [9.17, 15) is 0 Å². The maximum Gasteiger partial charge on any atom is 0.122 e. The van der Waals surface area contributed by atoms with Crippen LogP contribution in [-0.4, -0.2) is 38.3 Å². The van der Waals surface area contributed by atoms with E-state index >= 15 is 0 Å². The summed E-state index contributed by atoms with van der Waals surface area (Å²) >= 11 is 0. The Bertz CT molecular complexity index is 591. The molecular weight excluding hydrogens is 298 g/mol. The van der Waals surface area contributed by atoms with Crippen LogP contribution < -0.4 is 9.47 Å². The van der Waals surface area contributed by atoms with E-state index in [0.717, 1.165) is 50.6 Å². The van der Waals surface area contributed by atoms with Gasteiger partial charge in [0.05, 0.1) is 7.11 Å². The molecule has 3 heteroatoms. The van der Waals surface area contributed by atoms with Gasteiger partial charge in [-0.25, -0.2) is 0 Å². The summed E-state index contributed by atoms with van der Waals surface area (Å²) in [5, 5.41) is 0. The van der Waals surface area contributed by atoms with Gasteiger partial charge < -0.3 is 14.4 Å². The number of rotatable bonds is 10. The van der Waals surface area contributed by atoms with Crippen LogP contribution in [0.15, 0.2) is 48.5 Å². The second-order valence-corrected chi connectivity index (χ2v) is 5.83. The molecule has 3 nitrogen and oxygen atoms in total. The summed E-state index contributed by atoms with van der Waals surface area (Å²) in [4.78, 5) is 2.36. The Morgan fingerprint density at radius 3 is 2.25 bits per heavy atom. The van der Waals surface area contributed by atoms with Gasteiger partial charge in [0.25, 0.3) is 0 Å². The molecule has 0 atom stereocenters. The molecule has 2 rings (SSSR count). The summed E-state index contributed by atoms with van der Waals surface area (Å²) in [5.74, 6) is 1.91. The highest BCUT2D eigenvalue weighted by Gasteiger charge is 2.03. The molecule has 0 fully saturated rings. The molecule has 0 aliphatic heterocycles. The van der Waals surface area contributed by atoms with Crippen molar-refractivity contribution in [2.75, 3.05) is 33.4 Å². The third kappa shape index (κ3) is 5.57. The van der Waals surface area contributed by atoms with Crippen LogP contribution in [0.4, 0.5) is 0 Å². The van der Waals surface area contributed by atoms with Gasteiger partial charge in [-0.2, -0.15) is 0 Å². The highest BCUT2D eigenvalue weighted by Crippen LogP contribution is 2.20. The van der Waals surface area contributed by atoms with E-state index in [0.29, 0.717) is 0 Å². The predicted molar refractivity (Wildman–Crippen MR) is 100 cm³/mol. The van der Waals surface area contributed by atoms with Gasteiger partial charge in [0.15, 0.2) is 0 Å². The summed E-state index contributed by atoms with van der Waals surface area (Å²) in [7, 11) is 1.73. The SMILES string of the molecule is CCN(CC)CCOc1ccc(CCc2ccccc2OC)cc1. The highest BCUT2D eigenvalue weighted by molar-refractivity contribution is 5.34. The summed E-state index contributed by atoms with van der Waals surface area (Å²) < 4.78 is 11.2. The minimum absolute atomic E-state index is 0.738. The van der Waals surface area contributed by atoms with E-state index in [2.05, 4.69) is 55.1 Å². The number of aryl methyl sites for hydroxylation is 2. The van der Waals surface area contributed by atoms with E-state index in [1.807, 2.05) is 12.1 Å². The highest BCUT2D eigenvalue weighted by atomic mass is 16.5. The Kier molecular flexibility index (Phi) is 7.63. The Hall–Kier alpha value is -2.00. The average molecular weight is 327 g/mol. The molecule has 0 spiro atoms. The van der Waals surface area contributed by atoms with Gasteiger partial charge in [-0.1, -0.05) is 44.2 Å². The smallest absolute Gasteiger partial charge is 0.122 e. The summed E-state index contributed by atoms with van der Waals surface area (Å²) in [6.45, 7) is 8.22. The lowest BCUT2D eigenvalue weighted by Crippen LogP contribution is -2.27. The van der Waals surface area contributed by atoms with Crippen LogP contribution >= 0.6 is 0 Å². The van der Waals surface area contributed by atoms with Crippen LogP contribution in [0.2, 0.25) is 0 Å². The first-order chi connectivity index (χ1) is 11.8. The van der Waals surface area contributed by atoms with Crippen LogP contribution in [0, 0.1) is 0 Å². The molecule has 0 aliphatic carbocycles. The molecule has 2 aromatic carbocycles. The second kappa shape index (κ2) is 9.99. The summed E-state index contributed by atoms with van der Waals surface area (Å²) in [5.41, 5.74) is 2.57. The number of hydrogen-bond acceptors (Lipinski definition) is 3. The normalized spacial score (nSPS) is 10.8. The van der Waals surface area contributed by atoms with Crippen molar-refractivity contribution in [2.24, 2.45) is 0 Å². The maximum absolute atomic E-state index is 5.83. The van der Waals surface area contributed by atoms with Crippen LogP contribution in [0.3, 0.4) is 0 Å². The minimum Gasteiger partial charge on any atom is -0.496 e. The molecule has 0 aliphatic rings. The monoisotopic (exact) mass is 327 g/mol. The maximum atomic E-state index is 5.83. The van der Waals surface area contributed by atoms with Crippen molar-refractivity contribution in [1.29, 1.82) is 0 Å². The fraction of sp³-hybridized carbons (Fsp3) is 0.429. The molecule has 0 saturated heterocycles. The van der Waals surface area contributed by atoms with Gasteiger partial charge in [0.2, 0.25) is 0 Å². The number of para-hydroxylation sites is 1. The van der Waals surface area contributed by atoms with E-state index in [1.54, 1.807) is 7.11 Å². The third-order valence-electron chi connectivity index (χ3n) is 4.37. The predicted octanol–water partition coefficient (Wildman–Crippen LogP) is 4.20.